The Morgan fingerprint density at radius 2 is 1.50 bits per heavy atom. The molecule has 0 aliphatic carbocycles. The number of halogens is 1. The van der Waals surface area contributed by atoms with Crippen LogP contribution in [0.15, 0.2) is 84.9 Å². The zero-order valence-electron chi connectivity index (χ0n) is 18.0. The van der Waals surface area contributed by atoms with Crippen LogP contribution in [0.4, 0.5) is 9.18 Å². The second kappa shape index (κ2) is 8.75. The van der Waals surface area contributed by atoms with E-state index in [1.54, 1.807) is 0 Å². The van der Waals surface area contributed by atoms with E-state index in [1.807, 2.05) is 53.4 Å². The van der Waals surface area contributed by atoms with Gasteiger partial charge in [-0.15, -0.1) is 0 Å². The average molecular weight is 431 g/mol. The SMILES string of the molecule is O=C1OC(c2ccccc2)(c2ccccc2)C2CN(CCCc3ccc(F)cc3)CCN12. The summed E-state index contributed by atoms with van der Waals surface area (Å²) in [6.45, 7) is 3.16. The van der Waals surface area contributed by atoms with E-state index in [1.165, 1.54) is 12.1 Å². The number of carbonyl (C=O) groups is 1. The van der Waals surface area contributed by atoms with Gasteiger partial charge in [-0.1, -0.05) is 72.8 Å². The van der Waals surface area contributed by atoms with Crippen molar-refractivity contribution in [1.29, 1.82) is 0 Å². The van der Waals surface area contributed by atoms with E-state index in [4.69, 9.17) is 4.74 Å². The zero-order chi connectivity index (χ0) is 22.0. The highest BCUT2D eigenvalue weighted by molar-refractivity contribution is 5.74. The molecule has 0 radical (unpaired) electrons. The maximum Gasteiger partial charge on any atom is 0.411 e. The third-order valence-electron chi connectivity index (χ3n) is 6.67. The lowest BCUT2D eigenvalue weighted by molar-refractivity contribution is 0.0434. The van der Waals surface area contributed by atoms with Crippen molar-refractivity contribution in [1.82, 2.24) is 9.80 Å². The normalized spacial score (nSPS) is 20.1. The van der Waals surface area contributed by atoms with Crippen LogP contribution in [0.3, 0.4) is 0 Å². The number of amides is 1. The first-order chi connectivity index (χ1) is 15.7. The van der Waals surface area contributed by atoms with Gasteiger partial charge in [0.2, 0.25) is 0 Å². The average Bonchev–Trinajstić information content (AvgIpc) is 3.14. The molecule has 1 unspecified atom stereocenters. The van der Waals surface area contributed by atoms with Gasteiger partial charge in [-0.3, -0.25) is 9.80 Å². The Morgan fingerprint density at radius 3 is 2.12 bits per heavy atom. The molecule has 2 saturated heterocycles. The van der Waals surface area contributed by atoms with Gasteiger partial charge in [0.25, 0.3) is 0 Å². The molecule has 1 atom stereocenters. The first-order valence-corrected chi connectivity index (χ1v) is 11.2. The van der Waals surface area contributed by atoms with E-state index in [0.717, 1.165) is 49.2 Å². The van der Waals surface area contributed by atoms with E-state index in [-0.39, 0.29) is 18.0 Å². The van der Waals surface area contributed by atoms with Crippen LogP contribution in [-0.2, 0) is 16.8 Å². The summed E-state index contributed by atoms with van der Waals surface area (Å²) in [7, 11) is 0. The molecule has 3 aromatic carbocycles. The van der Waals surface area contributed by atoms with Crippen LogP contribution in [0.2, 0.25) is 0 Å². The number of nitrogens with zero attached hydrogens (tertiary/aromatic N) is 2. The molecule has 4 nitrogen and oxygen atoms in total. The lowest BCUT2D eigenvalue weighted by Crippen LogP contribution is -2.57. The molecule has 2 fully saturated rings. The molecular formula is C27H27FN2O2. The van der Waals surface area contributed by atoms with Crippen LogP contribution in [-0.4, -0.2) is 48.1 Å². The smallest absolute Gasteiger partial charge is 0.411 e. The number of piperazine rings is 1. The Bertz CT molecular complexity index is 1020. The number of ether oxygens (including phenoxy) is 1. The Hall–Kier alpha value is -3.18. The number of fused-ring (bicyclic) bond motifs is 1. The fraction of sp³-hybridized carbons (Fsp3) is 0.296. The van der Waals surface area contributed by atoms with Gasteiger partial charge >= 0.3 is 6.09 Å². The van der Waals surface area contributed by atoms with Crippen molar-refractivity contribution >= 4 is 6.09 Å². The second-order valence-corrected chi connectivity index (χ2v) is 8.58. The monoisotopic (exact) mass is 430 g/mol. The molecule has 5 heteroatoms. The Morgan fingerprint density at radius 1 is 0.875 bits per heavy atom. The van der Waals surface area contributed by atoms with E-state index in [9.17, 15) is 9.18 Å². The molecule has 1 amide bonds. The molecule has 5 rings (SSSR count). The van der Waals surface area contributed by atoms with Crippen molar-refractivity contribution in [2.75, 3.05) is 26.2 Å². The van der Waals surface area contributed by atoms with E-state index < -0.39 is 5.60 Å². The number of aryl methyl sites for hydroxylation is 1. The summed E-state index contributed by atoms with van der Waals surface area (Å²) in [4.78, 5) is 17.3. The van der Waals surface area contributed by atoms with E-state index in [2.05, 4.69) is 29.2 Å². The molecule has 0 aromatic heterocycles. The summed E-state index contributed by atoms with van der Waals surface area (Å²) >= 11 is 0. The highest BCUT2D eigenvalue weighted by Gasteiger charge is 2.57. The van der Waals surface area contributed by atoms with Crippen molar-refractivity contribution < 1.29 is 13.9 Å². The van der Waals surface area contributed by atoms with E-state index in [0.29, 0.717) is 6.54 Å². The van der Waals surface area contributed by atoms with Gasteiger partial charge in [0.05, 0.1) is 6.04 Å². The lowest BCUT2D eigenvalue weighted by atomic mass is 9.79. The minimum atomic E-state index is -0.824. The highest BCUT2D eigenvalue weighted by atomic mass is 19.1. The van der Waals surface area contributed by atoms with Gasteiger partial charge in [0.1, 0.15) is 5.82 Å². The van der Waals surface area contributed by atoms with Crippen molar-refractivity contribution in [3.05, 3.63) is 107 Å². The largest absolute Gasteiger partial charge is 0.431 e. The Balaban J connectivity index is 1.38. The summed E-state index contributed by atoms with van der Waals surface area (Å²) in [5.74, 6) is -0.200. The van der Waals surface area contributed by atoms with Crippen LogP contribution in [0.5, 0.6) is 0 Å². The van der Waals surface area contributed by atoms with Crippen molar-refractivity contribution in [3.63, 3.8) is 0 Å². The summed E-state index contributed by atoms with van der Waals surface area (Å²) in [6, 6.07) is 26.8. The maximum atomic E-state index is 13.2. The van der Waals surface area contributed by atoms with Gasteiger partial charge in [0.15, 0.2) is 5.60 Å². The van der Waals surface area contributed by atoms with Crippen molar-refractivity contribution in [2.24, 2.45) is 0 Å². The number of hydrogen-bond donors (Lipinski definition) is 0. The fourth-order valence-electron chi connectivity index (χ4n) is 5.07. The second-order valence-electron chi connectivity index (χ2n) is 8.58. The summed E-state index contributed by atoms with van der Waals surface area (Å²) in [6.07, 6.45) is 1.65. The van der Waals surface area contributed by atoms with Crippen molar-refractivity contribution in [2.45, 2.75) is 24.5 Å². The predicted molar refractivity (Wildman–Crippen MR) is 122 cm³/mol. The van der Waals surface area contributed by atoms with Gasteiger partial charge in [-0.25, -0.2) is 9.18 Å². The number of rotatable bonds is 6. The highest BCUT2D eigenvalue weighted by Crippen LogP contribution is 2.45. The molecular weight excluding hydrogens is 403 g/mol. The lowest BCUT2D eigenvalue weighted by Gasteiger charge is -2.42. The number of cyclic esters (lactones) is 1. The first-order valence-electron chi connectivity index (χ1n) is 11.2. The number of hydrogen-bond acceptors (Lipinski definition) is 3. The summed E-state index contributed by atoms with van der Waals surface area (Å²) in [5, 5.41) is 0. The van der Waals surface area contributed by atoms with Crippen molar-refractivity contribution in [3.8, 4) is 0 Å². The molecule has 0 bridgehead atoms. The first kappa shape index (κ1) is 20.7. The summed E-state index contributed by atoms with van der Waals surface area (Å²) in [5.41, 5.74) is 2.32. The van der Waals surface area contributed by atoms with Crippen LogP contribution in [0, 0.1) is 5.82 Å². The fourth-order valence-corrected chi connectivity index (χ4v) is 5.07. The molecule has 2 heterocycles. The minimum Gasteiger partial charge on any atom is -0.431 e. The van der Waals surface area contributed by atoms with Crippen LogP contribution in [0.1, 0.15) is 23.1 Å². The molecule has 164 valence electrons. The standard InChI is InChI=1S/C27H27FN2O2/c28-24-15-13-21(14-16-24)8-7-17-29-18-19-30-25(20-29)27(32-26(30)31,22-9-3-1-4-10-22)23-11-5-2-6-12-23/h1-6,9-16,25H,7-8,17-20H2. The topological polar surface area (TPSA) is 32.8 Å². The Labute approximate surface area is 188 Å². The Kier molecular flexibility index (Phi) is 5.66. The van der Waals surface area contributed by atoms with Crippen LogP contribution < -0.4 is 0 Å². The summed E-state index contributed by atoms with van der Waals surface area (Å²) < 4.78 is 19.4. The number of carbonyl (C=O) groups excluding carboxylic acids is 1. The quantitative estimate of drug-likeness (QED) is 0.561. The maximum absolute atomic E-state index is 13.2. The molecule has 0 N–H and O–H groups in total. The number of benzene rings is 3. The molecule has 0 saturated carbocycles. The molecule has 3 aromatic rings. The van der Waals surface area contributed by atoms with Gasteiger partial charge in [0, 0.05) is 30.8 Å². The van der Waals surface area contributed by atoms with Gasteiger partial charge in [-0.05, 0) is 37.1 Å². The minimum absolute atomic E-state index is 0.0978. The van der Waals surface area contributed by atoms with Crippen LogP contribution >= 0.6 is 0 Å². The van der Waals surface area contributed by atoms with Gasteiger partial charge in [-0.2, -0.15) is 0 Å². The molecule has 2 aliphatic heterocycles. The predicted octanol–water partition coefficient (Wildman–Crippen LogP) is 4.84. The zero-order valence-corrected chi connectivity index (χ0v) is 18.0. The molecule has 2 aliphatic rings. The van der Waals surface area contributed by atoms with Crippen LogP contribution in [0.25, 0.3) is 0 Å². The molecule has 0 spiro atoms. The van der Waals surface area contributed by atoms with E-state index >= 15 is 0 Å². The van der Waals surface area contributed by atoms with Gasteiger partial charge < -0.3 is 4.74 Å². The third kappa shape index (κ3) is 3.78. The third-order valence-corrected chi connectivity index (χ3v) is 6.67. The molecule has 32 heavy (non-hydrogen) atoms.